The molecule has 0 bridgehead atoms. The third-order valence-electron chi connectivity index (χ3n) is 4.12. The van der Waals surface area contributed by atoms with Crippen LogP contribution in [-0.2, 0) is 16.0 Å². The topological polar surface area (TPSA) is 80.3 Å². The van der Waals surface area contributed by atoms with Crippen molar-refractivity contribution in [2.24, 2.45) is 0 Å². The zero-order chi connectivity index (χ0) is 20.8. The van der Waals surface area contributed by atoms with Gasteiger partial charge in [-0.2, -0.15) is 0 Å². The third-order valence-corrected chi connectivity index (χ3v) is 5.06. The van der Waals surface area contributed by atoms with Crippen LogP contribution in [0.5, 0.6) is 5.75 Å². The summed E-state index contributed by atoms with van der Waals surface area (Å²) in [7, 11) is 1.49. The van der Waals surface area contributed by atoms with Crippen molar-refractivity contribution in [2.45, 2.75) is 13.3 Å². The number of hydrogen-bond acceptors (Lipinski definition) is 5. The number of nitrogens with zero attached hydrogens (tertiary/aromatic N) is 1. The van der Waals surface area contributed by atoms with Gasteiger partial charge < -0.3 is 15.4 Å². The van der Waals surface area contributed by atoms with E-state index in [1.165, 1.54) is 30.6 Å². The summed E-state index contributed by atoms with van der Waals surface area (Å²) in [6, 6.07) is 11.4. The van der Waals surface area contributed by atoms with E-state index in [0.29, 0.717) is 17.9 Å². The smallest absolute Gasteiger partial charge is 0.313 e. The second-order valence-electron chi connectivity index (χ2n) is 6.31. The fourth-order valence-electron chi connectivity index (χ4n) is 2.63. The first-order valence-corrected chi connectivity index (χ1v) is 9.78. The summed E-state index contributed by atoms with van der Waals surface area (Å²) in [5, 5.41) is 7.79. The van der Waals surface area contributed by atoms with Crippen LogP contribution in [-0.4, -0.2) is 30.5 Å². The Hall–Kier alpha value is -3.26. The van der Waals surface area contributed by atoms with E-state index in [9.17, 15) is 14.0 Å². The van der Waals surface area contributed by atoms with Crippen LogP contribution < -0.4 is 15.4 Å². The fraction of sp³-hybridized carbons (Fsp3) is 0.190. The molecule has 3 aromatic rings. The van der Waals surface area contributed by atoms with Gasteiger partial charge in [-0.15, -0.1) is 11.3 Å². The first kappa shape index (κ1) is 20.5. The minimum atomic E-state index is -0.765. The molecule has 0 aliphatic rings. The Bertz CT molecular complexity index is 1020. The summed E-state index contributed by atoms with van der Waals surface area (Å²) < 4.78 is 18.2. The average molecular weight is 413 g/mol. The van der Waals surface area contributed by atoms with Crippen LogP contribution in [0.1, 0.15) is 11.3 Å². The first-order chi connectivity index (χ1) is 14.0. The number of aryl methyl sites for hydroxylation is 1. The van der Waals surface area contributed by atoms with Gasteiger partial charge in [-0.05, 0) is 48.9 Å². The molecule has 0 unspecified atom stereocenters. The lowest BCUT2D eigenvalue weighted by atomic mass is 10.2. The summed E-state index contributed by atoms with van der Waals surface area (Å²) >= 11 is 1.44. The Morgan fingerprint density at radius 3 is 2.62 bits per heavy atom. The van der Waals surface area contributed by atoms with Crippen molar-refractivity contribution in [1.82, 2.24) is 10.3 Å². The maximum Gasteiger partial charge on any atom is 0.313 e. The molecule has 29 heavy (non-hydrogen) atoms. The van der Waals surface area contributed by atoms with Crippen LogP contribution >= 0.6 is 11.3 Å². The highest BCUT2D eigenvalue weighted by Gasteiger charge is 2.16. The lowest BCUT2D eigenvalue weighted by molar-refractivity contribution is -0.136. The van der Waals surface area contributed by atoms with Crippen LogP contribution in [0.15, 0.2) is 47.8 Å². The molecule has 8 heteroatoms. The van der Waals surface area contributed by atoms with Gasteiger partial charge in [-0.25, -0.2) is 9.37 Å². The molecule has 2 amide bonds. The second kappa shape index (κ2) is 9.29. The number of methoxy groups -OCH3 is 1. The number of anilines is 1. The first-order valence-electron chi connectivity index (χ1n) is 8.90. The summed E-state index contributed by atoms with van der Waals surface area (Å²) in [5.74, 6) is -1.32. The van der Waals surface area contributed by atoms with Crippen molar-refractivity contribution in [2.75, 3.05) is 19.0 Å². The van der Waals surface area contributed by atoms with E-state index in [-0.39, 0.29) is 12.4 Å². The van der Waals surface area contributed by atoms with E-state index in [1.807, 2.05) is 18.4 Å². The van der Waals surface area contributed by atoms with E-state index >= 15 is 0 Å². The standard InChI is InChI=1S/C21H20FN3O3S/c1-13-3-8-18(28-2)17(11-13)25-20(27)19(26)23-10-9-16-12-29-21(24-16)14-4-6-15(22)7-5-14/h3-8,11-12H,9-10H2,1-2H3,(H,23,26)(H,25,27). The third kappa shape index (κ3) is 5.39. The van der Waals surface area contributed by atoms with Gasteiger partial charge in [0, 0.05) is 23.9 Å². The Morgan fingerprint density at radius 1 is 1.14 bits per heavy atom. The molecule has 2 N–H and O–H groups in total. The maximum absolute atomic E-state index is 13.0. The number of ether oxygens (including phenoxy) is 1. The van der Waals surface area contributed by atoms with Crippen molar-refractivity contribution >= 4 is 28.8 Å². The molecule has 0 radical (unpaired) electrons. The highest BCUT2D eigenvalue weighted by molar-refractivity contribution is 7.13. The molecular weight excluding hydrogens is 393 g/mol. The minimum Gasteiger partial charge on any atom is -0.495 e. The van der Waals surface area contributed by atoms with Crippen LogP contribution in [0.4, 0.5) is 10.1 Å². The monoisotopic (exact) mass is 413 g/mol. The number of aromatic nitrogens is 1. The van der Waals surface area contributed by atoms with Crippen molar-refractivity contribution in [3.05, 3.63) is 64.9 Å². The number of nitrogens with one attached hydrogen (secondary N) is 2. The molecule has 1 aromatic heterocycles. The van der Waals surface area contributed by atoms with Crippen molar-refractivity contribution in [1.29, 1.82) is 0 Å². The number of benzene rings is 2. The molecule has 2 aromatic carbocycles. The summed E-state index contributed by atoms with van der Waals surface area (Å²) in [4.78, 5) is 28.7. The molecule has 0 spiro atoms. The SMILES string of the molecule is COc1ccc(C)cc1NC(=O)C(=O)NCCc1csc(-c2ccc(F)cc2)n1. The van der Waals surface area contributed by atoms with Gasteiger partial charge in [-0.3, -0.25) is 9.59 Å². The van der Waals surface area contributed by atoms with Gasteiger partial charge >= 0.3 is 11.8 Å². The molecule has 6 nitrogen and oxygen atoms in total. The molecule has 3 rings (SSSR count). The molecule has 0 atom stereocenters. The number of hydrogen-bond donors (Lipinski definition) is 2. The van der Waals surface area contributed by atoms with Crippen LogP contribution in [0.25, 0.3) is 10.6 Å². The molecular formula is C21H20FN3O3S. The molecule has 1 heterocycles. The number of carbonyl (C=O) groups excluding carboxylic acids is 2. The van der Waals surface area contributed by atoms with Crippen molar-refractivity contribution in [3.8, 4) is 16.3 Å². The molecule has 0 saturated carbocycles. The number of carbonyl (C=O) groups is 2. The molecule has 0 fully saturated rings. The highest BCUT2D eigenvalue weighted by atomic mass is 32.1. The van der Waals surface area contributed by atoms with Crippen LogP contribution in [0.3, 0.4) is 0 Å². The Balaban J connectivity index is 1.52. The van der Waals surface area contributed by atoms with E-state index < -0.39 is 11.8 Å². The normalized spacial score (nSPS) is 10.4. The summed E-state index contributed by atoms with van der Waals surface area (Å²) in [6.45, 7) is 2.15. The number of halogens is 1. The molecule has 0 aliphatic heterocycles. The predicted octanol–water partition coefficient (Wildman–Crippen LogP) is 3.56. The van der Waals surface area contributed by atoms with Crippen molar-refractivity contribution < 1.29 is 18.7 Å². The minimum absolute atomic E-state index is 0.268. The lowest BCUT2D eigenvalue weighted by Gasteiger charge is -2.11. The predicted molar refractivity (Wildman–Crippen MR) is 111 cm³/mol. The van der Waals surface area contributed by atoms with E-state index in [0.717, 1.165) is 21.8 Å². The van der Waals surface area contributed by atoms with E-state index in [2.05, 4.69) is 15.6 Å². The fourth-order valence-corrected chi connectivity index (χ4v) is 3.49. The van der Waals surface area contributed by atoms with Gasteiger partial charge in [0.05, 0.1) is 18.5 Å². The van der Waals surface area contributed by atoms with Crippen LogP contribution in [0, 0.1) is 12.7 Å². The van der Waals surface area contributed by atoms with Gasteiger partial charge in [0.1, 0.15) is 16.6 Å². The number of rotatable bonds is 6. The van der Waals surface area contributed by atoms with E-state index in [1.54, 1.807) is 24.3 Å². The Kier molecular flexibility index (Phi) is 6.56. The summed E-state index contributed by atoms with van der Waals surface area (Å²) in [6.07, 6.45) is 0.477. The molecule has 0 saturated heterocycles. The molecule has 150 valence electrons. The molecule has 0 aliphatic carbocycles. The second-order valence-corrected chi connectivity index (χ2v) is 7.17. The van der Waals surface area contributed by atoms with Gasteiger partial charge in [0.2, 0.25) is 0 Å². The highest BCUT2D eigenvalue weighted by Crippen LogP contribution is 2.25. The maximum atomic E-state index is 13.0. The van der Waals surface area contributed by atoms with E-state index in [4.69, 9.17) is 4.74 Å². The lowest BCUT2D eigenvalue weighted by Crippen LogP contribution is -2.36. The number of thiazole rings is 1. The Morgan fingerprint density at radius 2 is 1.90 bits per heavy atom. The largest absolute Gasteiger partial charge is 0.495 e. The number of amides is 2. The zero-order valence-corrected chi connectivity index (χ0v) is 16.8. The summed E-state index contributed by atoms with van der Waals surface area (Å²) in [5.41, 5.74) is 2.99. The quantitative estimate of drug-likeness (QED) is 0.606. The Labute approximate surface area is 171 Å². The zero-order valence-electron chi connectivity index (χ0n) is 16.0. The van der Waals surface area contributed by atoms with Crippen LogP contribution in [0.2, 0.25) is 0 Å². The van der Waals surface area contributed by atoms with Gasteiger partial charge in [0.15, 0.2) is 0 Å². The van der Waals surface area contributed by atoms with Crippen molar-refractivity contribution in [3.63, 3.8) is 0 Å². The van der Waals surface area contributed by atoms with Gasteiger partial charge in [-0.1, -0.05) is 6.07 Å². The van der Waals surface area contributed by atoms with Gasteiger partial charge in [0.25, 0.3) is 0 Å². The average Bonchev–Trinajstić information content (AvgIpc) is 3.17.